The number of aromatic nitrogens is 1. The molecule has 1 aromatic heterocycles. The summed E-state index contributed by atoms with van der Waals surface area (Å²) in [6.07, 6.45) is 7.29. The fourth-order valence-corrected chi connectivity index (χ4v) is 4.21. The number of carbonyl (C=O) groups excluding carboxylic acids is 2. The summed E-state index contributed by atoms with van der Waals surface area (Å²) in [5.74, 6) is 0.692. The molecule has 0 spiro atoms. The lowest BCUT2D eigenvalue weighted by Crippen LogP contribution is -2.30. The number of nitrogens with zero attached hydrogens (tertiary/aromatic N) is 1. The van der Waals surface area contributed by atoms with Crippen molar-refractivity contribution in [2.24, 2.45) is 5.92 Å². The van der Waals surface area contributed by atoms with Crippen LogP contribution in [0.2, 0.25) is 5.02 Å². The van der Waals surface area contributed by atoms with E-state index in [0.717, 1.165) is 12.2 Å². The van der Waals surface area contributed by atoms with Crippen LogP contribution in [0, 0.1) is 5.92 Å². The third-order valence-electron chi connectivity index (χ3n) is 4.78. The number of benzene rings is 1. The highest BCUT2D eigenvalue weighted by molar-refractivity contribution is 7.13. The lowest BCUT2D eigenvalue weighted by atomic mass is 9.89. The van der Waals surface area contributed by atoms with E-state index in [1.54, 1.807) is 24.3 Å². The average Bonchev–Trinajstić information content (AvgIpc) is 3.12. The largest absolute Gasteiger partial charge is 0.356 e. The van der Waals surface area contributed by atoms with E-state index in [0.29, 0.717) is 34.6 Å². The van der Waals surface area contributed by atoms with Crippen LogP contribution in [0.3, 0.4) is 0 Å². The first-order valence-corrected chi connectivity index (χ1v) is 10.9. The molecular formula is C20H25ClN4O2S. The summed E-state index contributed by atoms with van der Waals surface area (Å²) in [5.41, 5.74) is 1.41. The molecule has 1 aromatic carbocycles. The van der Waals surface area contributed by atoms with Gasteiger partial charge in [-0.2, -0.15) is 0 Å². The van der Waals surface area contributed by atoms with E-state index in [4.69, 9.17) is 11.6 Å². The highest BCUT2D eigenvalue weighted by Crippen LogP contribution is 2.23. The maximum atomic E-state index is 12.0. The highest BCUT2D eigenvalue weighted by Gasteiger charge is 2.14. The standard InChI is InChI=1S/C20H25ClN4O2S/c21-15-7-4-8-16(11-15)23-19(27)25-20-24-17(13-28-20)9-10-18(26)22-12-14-5-2-1-3-6-14/h4,7-8,11,13-14H,1-3,5-6,9-10,12H2,(H,22,26)(H2,23,24,25,27). The van der Waals surface area contributed by atoms with E-state index >= 15 is 0 Å². The smallest absolute Gasteiger partial charge is 0.325 e. The van der Waals surface area contributed by atoms with Crippen LogP contribution >= 0.6 is 22.9 Å². The molecule has 3 N–H and O–H groups in total. The van der Waals surface area contributed by atoms with Crippen molar-refractivity contribution in [2.75, 3.05) is 17.2 Å². The van der Waals surface area contributed by atoms with Gasteiger partial charge in [0, 0.05) is 29.1 Å². The maximum Gasteiger partial charge on any atom is 0.325 e. The second kappa shape index (κ2) is 10.4. The minimum atomic E-state index is -0.381. The fourth-order valence-electron chi connectivity index (χ4n) is 3.28. The number of aryl methyl sites for hydroxylation is 1. The molecule has 0 atom stereocenters. The molecule has 0 bridgehead atoms. The summed E-state index contributed by atoms with van der Waals surface area (Å²) < 4.78 is 0. The van der Waals surface area contributed by atoms with E-state index in [9.17, 15) is 9.59 Å². The third-order valence-corrected chi connectivity index (χ3v) is 5.82. The van der Waals surface area contributed by atoms with Gasteiger partial charge in [-0.15, -0.1) is 11.3 Å². The van der Waals surface area contributed by atoms with Crippen LogP contribution < -0.4 is 16.0 Å². The first kappa shape index (κ1) is 20.6. The zero-order valence-corrected chi connectivity index (χ0v) is 17.2. The molecule has 3 rings (SSSR count). The van der Waals surface area contributed by atoms with Gasteiger partial charge in [0.15, 0.2) is 5.13 Å². The van der Waals surface area contributed by atoms with Crippen LogP contribution in [-0.2, 0) is 11.2 Å². The number of rotatable bonds is 7. The molecule has 1 heterocycles. The van der Waals surface area contributed by atoms with Gasteiger partial charge in [-0.1, -0.05) is 36.9 Å². The second-order valence-corrected chi connectivity index (χ2v) is 8.34. The van der Waals surface area contributed by atoms with E-state index in [1.165, 1.54) is 43.4 Å². The molecule has 28 heavy (non-hydrogen) atoms. The van der Waals surface area contributed by atoms with Gasteiger partial charge in [-0.25, -0.2) is 9.78 Å². The maximum absolute atomic E-state index is 12.0. The zero-order chi connectivity index (χ0) is 19.8. The number of urea groups is 1. The third kappa shape index (κ3) is 6.80. The molecule has 2 aromatic rings. The molecule has 6 nitrogen and oxygen atoms in total. The van der Waals surface area contributed by atoms with Gasteiger partial charge < -0.3 is 10.6 Å². The minimum Gasteiger partial charge on any atom is -0.356 e. The fraction of sp³-hybridized carbons (Fsp3) is 0.450. The Balaban J connectivity index is 1.38. The first-order chi connectivity index (χ1) is 13.6. The topological polar surface area (TPSA) is 83.1 Å². The first-order valence-electron chi connectivity index (χ1n) is 9.63. The summed E-state index contributed by atoms with van der Waals surface area (Å²) in [6.45, 7) is 0.784. The van der Waals surface area contributed by atoms with Gasteiger partial charge in [0.2, 0.25) is 5.91 Å². The molecule has 0 saturated heterocycles. The van der Waals surface area contributed by atoms with Crippen LogP contribution in [0.1, 0.15) is 44.2 Å². The number of nitrogens with one attached hydrogen (secondary N) is 3. The van der Waals surface area contributed by atoms with E-state index < -0.39 is 0 Å². The Morgan fingerprint density at radius 2 is 2.00 bits per heavy atom. The van der Waals surface area contributed by atoms with Crippen molar-refractivity contribution in [1.29, 1.82) is 0 Å². The van der Waals surface area contributed by atoms with E-state index in [-0.39, 0.29) is 11.9 Å². The SMILES string of the molecule is O=C(CCc1csc(NC(=O)Nc2cccc(Cl)c2)n1)NCC1CCCCC1. The van der Waals surface area contributed by atoms with Crippen LogP contribution in [0.4, 0.5) is 15.6 Å². The Morgan fingerprint density at radius 3 is 2.79 bits per heavy atom. The summed E-state index contributed by atoms with van der Waals surface area (Å²) in [4.78, 5) is 28.5. The van der Waals surface area contributed by atoms with Gasteiger partial charge in [0.25, 0.3) is 0 Å². The number of carbonyl (C=O) groups is 2. The Kier molecular flexibility index (Phi) is 7.68. The molecule has 1 aliphatic carbocycles. The summed E-state index contributed by atoms with van der Waals surface area (Å²) in [7, 11) is 0. The van der Waals surface area contributed by atoms with Gasteiger partial charge in [-0.05, 0) is 43.4 Å². The summed E-state index contributed by atoms with van der Waals surface area (Å²) in [5, 5.41) is 11.4. The summed E-state index contributed by atoms with van der Waals surface area (Å²) >= 11 is 7.24. The molecular weight excluding hydrogens is 396 g/mol. The summed E-state index contributed by atoms with van der Waals surface area (Å²) in [6, 6.07) is 6.54. The molecule has 0 radical (unpaired) electrons. The quantitative estimate of drug-likeness (QED) is 0.584. The number of hydrogen-bond donors (Lipinski definition) is 3. The Morgan fingerprint density at radius 1 is 1.18 bits per heavy atom. The number of halogens is 1. The molecule has 0 unspecified atom stereocenters. The van der Waals surface area contributed by atoms with Crippen molar-refractivity contribution in [3.8, 4) is 0 Å². The van der Waals surface area contributed by atoms with Crippen molar-refractivity contribution in [3.05, 3.63) is 40.4 Å². The van der Waals surface area contributed by atoms with Crippen molar-refractivity contribution in [2.45, 2.75) is 44.9 Å². The molecule has 1 aliphatic rings. The van der Waals surface area contributed by atoms with E-state index in [1.807, 2.05) is 5.38 Å². The highest BCUT2D eigenvalue weighted by atomic mass is 35.5. The lowest BCUT2D eigenvalue weighted by molar-refractivity contribution is -0.121. The second-order valence-electron chi connectivity index (χ2n) is 7.04. The molecule has 1 saturated carbocycles. The van der Waals surface area contributed by atoms with E-state index in [2.05, 4.69) is 20.9 Å². The molecule has 3 amide bonds. The van der Waals surface area contributed by atoms with Gasteiger partial charge in [-0.3, -0.25) is 10.1 Å². The number of amides is 3. The van der Waals surface area contributed by atoms with Crippen LogP contribution in [-0.4, -0.2) is 23.5 Å². The average molecular weight is 421 g/mol. The Bertz CT molecular complexity index is 805. The molecule has 8 heteroatoms. The van der Waals surface area contributed by atoms with Crippen molar-refractivity contribution in [3.63, 3.8) is 0 Å². The number of hydrogen-bond acceptors (Lipinski definition) is 4. The zero-order valence-electron chi connectivity index (χ0n) is 15.7. The molecule has 150 valence electrons. The number of anilines is 2. The van der Waals surface area contributed by atoms with Crippen molar-refractivity contribution in [1.82, 2.24) is 10.3 Å². The van der Waals surface area contributed by atoms with Gasteiger partial charge in [0.05, 0.1) is 5.69 Å². The lowest BCUT2D eigenvalue weighted by Gasteiger charge is -2.21. The van der Waals surface area contributed by atoms with Crippen LogP contribution in [0.25, 0.3) is 0 Å². The Labute approximate surface area is 174 Å². The van der Waals surface area contributed by atoms with Crippen LogP contribution in [0.5, 0.6) is 0 Å². The molecule has 1 fully saturated rings. The Hall–Kier alpha value is -2.12. The van der Waals surface area contributed by atoms with Crippen molar-refractivity contribution >= 4 is 45.7 Å². The predicted molar refractivity (Wildman–Crippen MR) is 114 cm³/mol. The normalized spacial score (nSPS) is 14.5. The monoisotopic (exact) mass is 420 g/mol. The van der Waals surface area contributed by atoms with Gasteiger partial charge >= 0.3 is 6.03 Å². The minimum absolute atomic E-state index is 0.0618. The number of thiazole rings is 1. The van der Waals surface area contributed by atoms with Gasteiger partial charge in [0.1, 0.15) is 0 Å². The van der Waals surface area contributed by atoms with Crippen LogP contribution in [0.15, 0.2) is 29.6 Å². The molecule has 0 aliphatic heterocycles. The predicted octanol–water partition coefficient (Wildman–Crippen LogP) is 5.07. The van der Waals surface area contributed by atoms with Crippen molar-refractivity contribution < 1.29 is 9.59 Å².